The van der Waals surface area contributed by atoms with Crippen molar-refractivity contribution in [2.45, 2.75) is 24.7 Å². The molecule has 72 valence electrons. The summed E-state index contributed by atoms with van der Waals surface area (Å²) in [6.07, 6.45) is -5.40. The van der Waals surface area contributed by atoms with Gasteiger partial charge in [-0.2, -0.15) is 13.2 Å². The van der Waals surface area contributed by atoms with Crippen LogP contribution in [0.15, 0.2) is 0 Å². The Kier molecular flexibility index (Phi) is 3.47. The molecule has 0 aliphatic heterocycles. The first-order valence-corrected chi connectivity index (χ1v) is 3.06. The standard InChI is InChI=1S/C5H9F3N2O2/c6-5(7,8)3(10)1-2(9)4(11)12/h2-3H,1,9-10H2,(H,11,12)/t2-,3+/m0/s1. The summed E-state index contributed by atoms with van der Waals surface area (Å²) in [5.41, 5.74) is 9.46. The van der Waals surface area contributed by atoms with Crippen molar-refractivity contribution >= 4 is 5.97 Å². The zero-order valence-electron chi connectivity index (χ0n) is 6.01. The number of hydrogen-bond donors (Lipinski definition) is 3. The van der Waals surface area contributed by atoms with Crippen molar-refractivity contribution in [1.82, 2.24) is 0 Å². The summed E-state index contributed by atoms with van der Waals surface area (Å²) in [6.45, 7) is 0. The SMILES string of the molecule is N[C@H](C[C@H](N)C(=O)O)C(F)(F)F. The number of hydrogen-bond acceptors (Lipinski definition) is 3. The van der Waals surface area contributed by atoms with E-state index in [1.54, 1.807) is 0 Å². The Labute approximate surface area is 66.3 Å². The number of nitrogens with two attached hydrogens (primary N) is 2. The van der Waals surface area contributed by atoms with E-state index in [1.165, 1.54) is 0 Å². The van der Waals surface area contributed by atoms with Crippen molar-refractivity contribution in [2.24, 2.45) is 11.5 Å². The minimum absolute atomic E-state index is 0.807. The Balaban J connectivity index is 4.01. The number of carboxylic acids is 1. The number of alkyl halides is 3. The van der Waals surface area contributed by atoms with Crippen molar-refractivity contribution in [3.05, 3.63) is 0 Å². The highest BCUT2D eigenvalue weighted by atomic mass is 19.4. The lowest BCUT2D eigenvalue weighted by Crippen LogP contribution is -2.44. The second kappa shape index (κ2) is 3.72. The highest BCUT2D eigenvalue weighted by Crippen LogP contribution is 2.21. The van der Waals surface area contributed by atoms with Crippen LogP contribution < -0.4 is 11.5 Å². The Morgan fingerprint density at radius 3 is 2.08 bits per heavy atom. The Morgan fingerprint density at radius 1 is 1.42 bits per heavy atom. The van der Waals surface area contributed by atoms with Crippen LogP contribution in [0.25, 0.3) is 0 Å². The number of carbonyl (C=O) groups is 1. The van der Waals surface area contributed by atoms with Gasteiger partial charge in [0.15, 0.2) is 0 Å². The molecule has 4 nitrogen and oxygen atoms in total. The highest BCUT2D eigenvalue weighted by Gasteiger charge is 2.38. The van der Waals surface area contributed by atoms with E-state index < -0.39 is 30.7 Å². The molecule has 0 aliphatic rings. The molecule has 7 heteroatoms. The average Bonchev–Trinajstić information content (AvgIpc) is 1.85. The van der Waals surface area contributed by atoms with E-state index in [4.69, 9.17) is 10.8 Å². The lowest BCUT2D eigenvalue weighted by atomic mass is 10.1. The topological polar surface area (TPSA) is 89.3 Å². The molecule has 0 aromatic heterocycles. The van der Waals surface area contributed by atoms with Crippen LogP contribution in [0.3, 0.4) is 0 Å². The molecule has 12 heavy (non-hydrogen) atoms. The number of rotatable bonds is 3. The van der Waals surface area contributed by atoms with Gasteiger partial charge in [0, 0.05) is 0 Å². The molecule has 0 saturated carbocycles. The van der Waals surface area contributed by atoms with Crippen LogP contribution >= 0.6 is 0 Å². The normalized spacial score (nSPS) is 17.1. The maximum absolute atomic E-state index is 11.7. The zero-order valence-corrected chi connectivity index (χ0v) is 6.01. The molecular formula is C5H9F3N2O2. The van der Waals surface area contributed by atoms with Crippen molar-refractivity contribution in [3.63, 3.8) is 0 Å². The second-order valence-electron chi connectivity index (χ2n) is 2.33. The predicted molar refractivity (Wildman–Crippen MR) is 34.3 cm³/mol. The third kappa shape index (κ3) is 3.54. The Morgan fingerprint density at radius 2 is 1.83 bits per heavy atom. The van der Waals surface area contributed by atoms with Crippen LogP contribution in [0.4, 0.5) is 13.2 Å². The van der Waals surface area contributed by atoms with Gasteiger partial charge in [-0.3, -0.25) is 4.79 Å². The molecule has 0 spiro atoms. The third-order valence-corrected chi connectivity index (χ3v) is 1.25. The Bertz CT molecular complexity index is 171. The second-order valence-corrected chi connectivity index (χ2v) is 2.33. The molecule has 0 bridgehead atoms. The average molecular weight is 186 g/mol. The largest absolute Gasteiger partial charge is 0.480 e. The van der Waals surface area contributed by atoms with Gasteiger partial charge in [-0.05, 0) is 6.42 Å². The highest BCUT2D eigenvalue weighted by molar-refractivity contribution is 5.73. The van der Waals surface area contributed by atoms with Gasteiger partial charge in [0.25, 0.3) is 0 Å². The molecule has 0 rings (SSSR count). The first kappa shape index (κ1) is 11.2. The fraction of sp³-hybridized carbons (Fsp3) is 0.800. The summed E-state index contributed by atoms with van der Waals surface area (Å²) < 4.78 is 35.1. The van der Waals surface area contributed by atoms with Crippen LogP contribution in [-0.2, 0) is 4.79 Å². The smallest absolute Gasteiger partial charge is 0.403 e. The van der Waals surface area contributed by atoms with Crippen molar-refractivity contribution in [1.29, 1.82) is 0 Å². The van der Waals surface area contributed by atoms with Gasteiger partial charge in [0.05, 0.1) is 0 Å². The van der Waals surface area contributed by atoms with E-state index in [0.29, 0.717) is 0 Å². The van der Waals surface area contributed by atoms with Crippen LogP contribution in [0, 0.1) is 0 Å². The van der Waals surface area contributed by atoms with Crippen LogP contribution in [0.5, 0.6) is 0 Å². The molecule has 2 atom stereocenters. The fourth-order valence-corrected chi connectivity index (χ4v) is 0.508. The minimum Gasteiger partial charge on any atom is -0.480 e. The van der Waals surface area contributed by atoms with Gasteiger partial charge in [-0.1, -0.05) is 0 Å². The van der Waals surface area contributed by atoms with Crippen LogP contribution in [0.1, 0.15) is 6.42 Å². The van der Waals surface area contributed by atoms with E-state index in [9.17, 15) is 18.0 Å². The first-order valence-electron chi connectivity index (χ1n) is 3.06. The van der Waals surface area contributed by atoms with E-state index in [-0.39, 0.29) is 0 Å². The molecule has 0 saturated heterocycles. The maximum atomic E-state index is 11.7. The van der Waals surface area contributed by atoms with Gasteiger partial charge in [-0.15, -0.1) is 0 Å². The van der Waals surface area contributed by atoms with Crippen molar-refractivity contribution in [2.75, 3.05) is 0 Å². The van der Waals surface area contributed by atoms with E-state index in [2.05, 4.69) is 5.73 Å². The lowest BCUT2D eigenvalue weighted by Gasteiger charge is -2.16. The van der Waals surface area contributed by atoms with Crippen molar-refractivity contribution in [3.8, 4) is 0 Å². The predicted octanol–water partition coefficient (Wildman–Crippen LogP) is -0.322. The quantitative estimate of drug-likeness (QED) is 0.563. The molecule has 0 aromatic rings. The van der Waals surface area contributed by atoms with E-state index in [0.717, 1.165) is 0 Å². The molecule has 0 amide bonds. The van der Waals surface area contributed by atoms with Gasteiger partial charge < -0.3 is 16.6 Å². The number of carboxylic acid groups (broad SMARTS) is 1. The van der Waals surface area contributed by atoms with Crippen molar-refractivity contribution < 1.29 is 23.1 Å². The lowest BCUT2D eigenvalue weighted by molar-refractivity contribution is -0.153. The zero-order chi connectivity index (χ0) is 9.94. The summed E-state index contributed by atoms with van der Waals surface area (Å²) in [4.78, 5) is 10.0. The fourth-order valence-electron chi connectivity index (χ4n) is 0.508. The molecule has 0 heterocycles. The Hall–Kier alpha value is -0.820. The van der Waals surface area contributed by atoms with E-state index in [1.807, 2.05) is 0 Å². The molecular weight excluding hydrogens is 177 g/mol. The summed E-state index contributed by atoms with van der Waals surface area (Å²) >= 11 is 0. The number of halogens is 3. The number of aliphatic carboxylic acids is 1. The minimum atomic E-state index is -4.59. The summed E-state index contributed by atoms with van der Waals surface area (Å²) in [7, 11) is 0. The molecule has 0 radical (unpaired) electrons. The first-order chi connectivity index (χ1) is 5.25. The molecule has 0 aliphatic carbocycles. The maximum Gasteiger partial charge on any atom is 0.403 e. The molecule has 5 N–H and O–H groups in total. The van der Waals surface area contributed by atoms with Gasteiger partial charge in [0.1, 0.15) is 12.1 Å². The molecule has 0 unspecified atom stereocenters. The van der Waals surface area contributed by atoms with Gasteiger partial charge >= 0.3 is 12.1 Å². The van der Waals surface area contributed by atoms with Gasteiger partial charge in [0.2, 0.25) is 0 Å². The van der Waals surface area contributed by atoms with Crippen LogP contribution in [0.2, 0.25) is 0 Å². The van der Waals surface area contributed by atoms with Gasteiger partial charge in [-0.25, -0.2) is 0 Å². The van der Waals surface area contributed by atoms with E-state index >= 15 is 0 Å². The summed E-state index contributed by atoms with van der Waals surface area (Å²) in [5, 5.41) is 8.15. The monoisotopic (exact) mass is 186 g/mol. The van der Waals surface area contributed by atoms with Crippen LogP contribution in [-0.4, -0.2) is 29.3 Å². The molecule has 0 aromatic carbocycles. The third-order valence-electron chi connectivity index (χ3n) is 1.25. The molecule has 0 fully saturated rings. The summed E-state index contributed by atoms with van der Waals surface area (Å²) in [6, 6.07) is -3.75. The summed E-state index contributed by atoms with van der Waals surface area (Å²) in [5.74, 6) is -1.49.